The lowest BCUT2D eigenvalue weighted by molar-refractivity contribution is 0.214. The number of halogens is 2. The van der Waals surface area contributed by atoms with Crippen LogP contribution < -0.4 is 5.32 Å². The molecule has 0 saturated heterocycles. The van der Waals surface area contributed by atoms with E-state index in [1.165, 1.54) is 5.52 Å². The molecule has 0 fully saturated rings. The minimum absolute atomic E-state index is 0.291. The number of hydrogen-bond acceptors (Lipinski definition) is 4. The van der Waals surface area contributed by atoms with Gasteiger partial charge in [-0.05, 0) is 87.4 Å². The van der Waals surface area contributed by atoms with Gasteiger partial charge in [-0.15, -0.1) is 0 Å². The normalized spacial score (nSPS) is 13.0. The first kappa shape index (κ1) is 25.5. The van der Waals surface area contributed by atoms with E-state index in [0.717, 1.165) is 48.6 Å². The molecule has 0 saturated carbocycles. The van der Waals surface area contributed by atoms with Gasteiger partial charge in [-0.2, -0.15) is 0 Å². The van der Waals surface area contributed by atoms with Crippen LogP contribution in [0.1, 0.15) is 37.7 Å². The van der Waals surface area contributed by atoms with Crippen LogP contribution in [0, 0.1) is 6.92 Å². The number of aromatic nitrogens is 1. The number of benzene rings is 3. The maximum absolute atomic E-state index is 14.1. The average Bonchev–Trinajstić information content (AvgIpc) is 3.12. The zero-order valence-electron chi connectivity index (χ0n) is 19.8. The molecule has 0 bridgehead atoms. The summed E-state index contributed by atoms with van der Waals surface area (Å²) < 4.78 is 30.0. The Morgan fingerprint density at radius 2 is 1.56 bits per heavy atom. The SMILES string of the molecule is CCOP(=O)(OCC)C(Nc1ccc(Br)c(C)c1)c1ccc2c(c1)c1cc(Br)ccc1n2CC. The fourth-order valence-electron chi connectivity index (χ4n) is 4.39. The number of anilines is 1. The maximum Gasteiger partial charge on any atom is 0.357 e. The second kappa shape index (κ2) is 10.5. The number of nitrogens with one attached hydrogen (secondary N) is 1. The summed E-state index contributed by atoms with van der Waals surface area (Å²) in [7, 11) is -3.53. The fourth-order valence-corrected chi connectivity index (χ4v) is 6.92. The van der Waals surface area contributed by atoms with E-state index in [4.69, 9.17) is 9.05 Å². The number of nitrogens with zero attached hydrogens (tertiary/aromatic N) is 1. The predicted molar refractivity (Wildman–Crippen MR) is 149 cm³/mol. The van der Waals surface area contributed by atoms with Crippen molar-refractivity contribution >= 4 is 66.9 Å². The summed E-state index contributed by atoms with van der Waals surface area (Å²) in [6.45, 7) is 9.28. The van der Waals surface area contributed by atoms with Crippen LogP contribution in [-0.4, -0.2) is 17.8 Å². The highest BCUT2D eigenvalue weighted by Crippen LogP contribution is 2.61. The topological polar surface area (TPSA) is 52.5 Å². The molecule has 0 radical (unpaired) electrons. The fraction of sp³-hybridized carbons (Fsp3) is 0.308. The smallest absolute Gasteiger partial charge is 0.357 e. The van der Waals surface area contributed by atoms with Crippen molar-refractivity contribution < 1.29 is 13.6 Å². The highest BCUT2D eigenvalue weighted by Gasteiger charge is 2.37. The molecule has 5 nitrogen and oxygen atoms in total. The Labute approximate surface area is 217 Å². The first-order valence-corrected chi connectivity index (χ1v) is 14.6. The molecule has 1 aromatic heterocycles. The minimum Gasteiger partial charge on any atom is -0.368 e. The van der Waals surface area contributed by atoms with Crippen molar-refractivity contribution in [2.45, 2.75) is 40.0 Å². The summed E-state index contributed by atoms with van der Waals surface area (Å²) in [6.07, 6.45) is 0. The van der Waals surface area contributed by atoms with E-state index in [-0.39, 0.29) is 0 Å². The standard InChI is InChI=1S/C26H29Br2N2O3P/c1-5-30-24-12-8-18(15-21(24)22-16-19(27)9-13-25(22)30)26(34(31,32-6-2)33-7-3)29-20-10-11-23(28)17(4)14-20/h8-16,26,29H,5-7H2,1-4H3. The van der Waals surface area contributed by atoms with Crippen LogP contribution in [0.25, 0.3) is 21.8 Å². The first-order valence-electron chi connectivity index (χ1n) is 11.4. The quantitative estimate of drug-likeness (QED) is 0.193. The van der Waals surface area contributed by atoms with Crippen molar-refractivity contribution in [2.24, 2.45) is 0 Å². The van der Waals surface area contributed by atoms with Crippen molar-refractivity contribution in [1.82, 2.24) is 4.57 Å². The van der Waals surface area contributed by atoms with Gasteiger partial charge in [0.25, 0.3) is 0 Å². The molecule has 0 aliphatic heterocycles. The van der Waals surface area contributed by atoms with Crippen molar-refractivity contribution in [3.8, 4) is 0 Å². The van der Waals surface area contributed by atoms with Crippen LogP contribution in [0.5, 0.6) is 0 Å². The van der Waals surface area contributed by atoms with Crippen LogP contribution in [0.2, 0.25) is 0 Å². The van der Waals surface area contributed by atoms with E-state index in [1.54, 1.807) is 0 Å². The van der Waals surface area contributed by atoms with E-state index >= 15 is 0 Å². The minimum atomic E-state index is -3.53. The van der Waals surface area contributed by atoms with Crippen molar-refractivity contribution in [2.75, 3.05) is 18.5 Å². The van der Waals surface area contributed by atoms with Crippen LogP contribution in [0.4, 0.5) is 5.69 Å². The Morgan fingerprint density at radius 3 is 2.18 bits per heavy atom. The molecule has 0 aliphatic carbocycles. The second-order valence-corrected chi connectivity index (χ2v) is 12.0. The summed E-state index contributed by atoms with van der Waals surface area (Å²) in [5.74, 6) is -0.662. The van der Waals surface area contributed by atoms with E-state index in [0.29, 0.717) is 13.2 Å². The maximum atomic E-state index is 14.1. The largest absolute Gasteiger partial charge is 0.368 e. The van der Waals surface area contributed by atoms with Gasteiger partial charge in [0.15, 0.2) is 5.78 Å². The van der Waals surface area contributed by atoms with Gasteiger partial charge in [-0.1, -0.05) is 37.9 Å². The highest BCUT2D eigenvalue weighted by molar-refractivity contribution is 9.10. The second-order valence-electron chi connectivity index (χ2n) is 8.07. The molecule has 1 unspecified atom stereocenters. The third kappa shape index (κ3) is 4.87. The van der Waals surface area contributed by atoms with Crippen LogP contribution in [0.15, 0.2) is 63.5 Å². The van der Waals surface area contributed by atoms with Gasteiger partial charge < -0.3 is 18.9 Å². The molecule has 8 heteroatoms. The lowest BCUT2D eigenvalue weighted by atomic mass is 10.1. The van der Waals surface area contributed by atoms with Crippen LogP contribution in [0.3, 0.4) is 0 Å². The lowest BCUT2D eigenvalue weighted by Gasteiger charge is -2.28. The lowest BCUT2D eigenvalue weighted by Crippen LogP contribution is -2.15. The van der Waals surface area contributed by atoms with E-state index in [9.17, 15) is 4.57 Å². The Hall–Kier alpha value is -1.63. The molecular formula is C26H29Br2N2O3P. The van der Waals surface area contributed by atoms with E-state index in [1.807, 2.05) is 45.0 Å². The van der Waals surface area contributed by atoms with Gasteiger partial charge in [-0.3, -0.25) is 4.57 Å². The van der Waals surface area contributed by atoms with Crippen molar-refractivity contribution in [1.29, 1.82) is 0 Å². The van der Waals surface area contributed by atoms with E-state index < -0.39 is 13.4 Å². The molecule has 1 heterocycles. The molecule has 34 heavy (non-hydrogen) atoms. The molecule has 1 N–H and O–H groups in total. The Kier molecular flexibility index (Phi) is 7.90. The zero-order chi connectivity index (χ0) is 24.5. The molecule has 4 rings (SSSR count). The van der Waals surface area contributed by atoms with Gasteiger partial charge >= 0.3 is 7.60 Å². The number of rotatable bonds is 9. The molecule has 0 amide bonds. The number of fused-ring (bicyclic) bond motifs is 3. The van der Waals surface area contributed by atoms with Crippen LogP contribution in [-0.2, 0) is 20.2 Å². The molecule has 180 valence electrons. The summed E-state index contributed by atoms with van der Waals surface area (Å²) in [6, 6.07) is 18.5. The average molecular weight is 608 g/mol. The molecular weight excluding hydrogens is 579 g/mol. The molecule has 4 aromatic rings. The van der Waals surface area contributed by atoms with Gasteiger partial charge in [-0.25, -0.2) is 0 Å². The van der Waals surface area contributed by atoms with Crippen molar-refractivity contribution in [3.63, 3.8) is 0 Å². The van der Waals surface area contributed by atoms with Gasteiger partial charge in [0.2, 0.25) is 0 Å². The Morgan fingerprint density at radius 1 is 0.912 bits per heavy atom. The third-order valence-corrected chi connectivity index (χ3v) is 9.56. The van der Waals surface area contributed by atoms with Crippen molar-refractivity contribution in [3.05, 3.63) is 74.7 Å². The van der Waals surface area contributed by atoms with Gasteiger partial charge in [0.05, 0.1) is 13.2 Å². The van der Waals surface area contributed by atoms with Crippen LogP contribution >= 0.6 is 39.5 Å². The summed E-state index contributed by atoms with van der Waals surface area (Å²) >= 11 is 7.17. The number of hydrogen-bond donors (Lipinski definition) is 1. The molecule has 0 aliphatic rings. The highest BCUT2D eigenvalue weighted by atomic mass is 79.9. The first-order chi connectivity index (χ1) is 16.3. The number of aryl methyl sites for hydroxylation is 2. The van der Waals surface area contributed by atoms with Gasteiger partial charge in [0.1, 0.15) is 0 Å². The van der Waals surface area contributed by atoms with E-state index in [2.05, 4.69) is 79.0 Å². The molecule has 1 atom stereocenters. The zero-order valence-corrected chi connectivity index (χ0v) is 23.8. The third-order valence-electron chi connectivity index (χ3n) is 5.88. The molecule has 0 spiro atoms. The summed E-state index contributed by atoms with van der Waals surface area (Å²) in [5, 5.41) is 5.72. The monoisotopic (exact) mass is 606 g/mol. The predicted octanol–water partition coefficient (Wildman–Crippen LogP) is 9.02. The Balaban J connectivity index is 1.91. The summed E-state index contributed by atoms with van der Waals surface area (Å²) in [5.41, 5.74) is 5.10. The van der Waals surface area contributed by atoms with Gasteiger partial charge in [0, 0.05) is 43.0 Å². The summed E-state index contributed by atoms with van der Waals surface area (Å²) in [4.78, 5) is 0. The Bertz CT molecular complexity index is 1380. The molecule has 3 aromatic carbocycles.